The summed E-state index contributed by atoms with van der Waals surface area (Å²) in [5, 5.41) is 9.38. The molecule has 0 unspecified atom stereocenters. The first-order valence-corrected chi connectivity index (χ1v) is 9.03. The lowest BCUT2D eigenvalue weighted by Gasteiger charge is -2.15. The van der Waals surface area contributed by atoms with Gasteiger partial charge in [0.2, 0.25) is 10.0 Å². The molecule has 0 spiro atoms. The second-order valence-corrected chi connectivity index (χ2v) is 8.50. The van der Waals surface area contributed by atoms with Gasteiger partial charge in [0, 0.05) is 19.3 Å². The fourth-order valence-corrected chi connectivity index (χ4v) is 4.06. The van der Waals surface area contributed by atoms with E-state index in [1.54, 1.807) is 0 Å². The van der Waals surface area contributed by atoms with Crippen molar-refractivity contribution in [3.8, 4) is 0 Å². The third-order valence-electron chi connectivity index (χ3n) is 3.02. The molecule has 1 aromatic rings. The summed E-state index contributed by atoms with van der Waals surface area (Å²) in [6.07, 6.45) is 0.846. The number of aliphatic hydroxyl groups excluding tert-OH is 1. The summed E-state index contributed by atoms with van der Waals surface area (Å²) in [5.74, 6) is 0. The molecule has 0 saturated carbocycles. The highest BCUT2D eigenvalue weighted by Crippen LogP contribution is 2.22. The van der Waals surface area contributed by atoms with Crippen molar-refractivity contribution in [3.63, 3.8) is 0 Å². The van der Waals surface area contributed by atoms with Crippen molar-refractivity contribution >= 4 is 19.9 Å². The minimum absolute atomic E-state index is 0.0361. The molecule has 1 saturated heterocycles. The molecule has 1 heterocycles. The van der Waals surface area contributed by atoms with E-state index in [4.69, 9.17) is 0 Å². The van der Waals surface area contributed by atoms with Crippen LogP contribution >= 0.6 is 0 Å². The smallest absolute Gasteiger partial charge is 0.243 e. The van der Waals surface area contributed by atoms with Gasteiger partial charge in [-0.1, -0.05) is 0 Å². The number of aliphatic hydroxyl groups is 1. The van der Waals surface area contributed by atoms with Crippen molar-refractivity contribution in [1.82, 2.24) is 4.31 Å². The standard InChI is InChI=1S/C11H15NO5S2/c1-18(14,15)10-2-4-11(5-3-10)19(16,17)12-7-6-9(13)8-12/h2-5,9,13H,6-8H2,1H3/t9-/m0/s1. The molecule has 1 aliphatic rings. The van der Waals surface area contributed by atoms with Crippen molar-refractivity contribution in [1.29, 1.82) is 0 Å². The molecule has 8 heteroatoms. The van der Waals surface area contributed by atoms with Crippen LogP contribution in [0, 0.1) is 0 Å². The van der Waals surface area contributed by atoms with Gasteiger partial charge in [-0.25, -0.2) is 16.8 Å². The topological polar surface area (TPSA) is 91.8 Å². The molecule has 0 aliphatic carbocycles. The summed E-state index contributed by atoms with van der Waals surface area (Å²) in [4.78, 5) is 0.113. The van der Waals surface area contributed by atoms with Crippen LogP contribution in [0.4, 0.5) is 0 Å². The van der Waals surface area contributed by atoms with Crippen molar-refractivity contribution < 1.29 is 21.9 Å². The first kappa shape index (κ1) is 14.4. The lowest BCUT2D eigenvalue weighted by atomic mass is 10.3. The van der Waals surface area contributed by atoms with E-state index in [1.165, 1.54) is 28.6 Å². The van der Waals surface area contributed by atoms with Crippen LogP contribution in [-0.2, 0) is 19.9 Å². The summed E-state index contributed by atoms with van der Waals surface area (Å²) < 4.78 is 48.2. The predicted octanol–water partition coefficient (Wildman–Crippen LogP) is -0.155. The van der Waals surface area contributed by atoms with Gasteiger partial charge in [-0.3, -0.25) is 0 Å². The van der Waals surface area contributed by atoms with E-state index in [0.717, 1.165) is 6.26 Å². The second-order valence-electron chi connectivity index (χ2n) is 4.55. The zero-order valence-corrected chi connectivity index (χ0v) is 12.0. The van der Waals surface area contributed by atoms with Gasteiger partial charge >= 0.3 is 0 Å². The van der Waals surface area contributed by atoms with E-state index in [2.05, 4.69) is 0 Å². The van der Waals surface area contributed by atoms with Crippen LogP contribution < -0.4 is 0 Å². The van der Waals surface area contributed by atoms with E-state index in [9.17, 15) is 21.9 Å². The van der Waals surface area contributed by atoms with Crippen molar-refractivity contribution in [2.75, 3.05) is 19.3 Å². The van der Waals surface area contributed by atoms with E-state index >= 15 is 0 Å². The number of hydrogen-bond donors (Lipinski definition) is 1. The summed E-state index contributed by atoms with van der Waals surface area (Å²) in [6, 6.07) is 5.09. The third-order valence-corrected chi connectivity index (χ3v) is 6.02. The predicted molar refractivity (Wildman–Crippen MR) is 68.9 cm³/mol. The van der Waals surface area contributed by atoms with Gasteiger partial charge in [0.15, 0.2) is 9.84 Å². The number of β-amino-alcohol motifs (C(OH)–C–C–N with tert-alkyl or cyclic N) is 1. The number of benzene rings is 1. The van der Waals surface area contributed by atoms with Gasteiger partial charge in [0.1, 0.15) is 0 Å². The zero-order valence-electron chi connectivity index (χ0n) is 10.4. The highest BCUT2D eigenvalue weighted by Gasteiger charge is 2.31. The normalized spacial score (nSPS) is 21.7. The van der Waals surface area contributed by atoms with E-state index in [1.807, 2.05) is 0 Å². The molecule has 1 aromatic carbocycles. The number of sulfonamides is 1. The van der Waals surface area contributed by atoms with Gasteiger partial charge < -0.3 is 5.11 Å². The van der Waals surface area contributed by atoms with Crippen molar-refractivity contribution in [2.45, 2.75) is 22.3 Å². The van der Waals surface area contributed by atoms with Crippen LogP contribution in [-0.4, -0.2) is 51.7 Å². The van der Waals surface area contributed by atoms with E-state index in [-0.39, 0.29) is 22.9 Å². The minimum Gasteiger partial charge on any atom is -0.392 e. The first-order valence-electron chi connectivity index (χ1n) is 5.69. The molecule has 0 radical (unpaired) electrons. The summed E-state index contributed by atoms with van der Waals surface area (Å²) in [5.41, 5.74) is 0. The van der Waals surface area contributed by atoms with Crippen molar-refractivity contribution in [3.05, 3.63) is 24.3 Å². The Kier molecular flexibility index (Phi) is 3.69. The van der Waals surface area contributed by atoms with Crippen LogP contribution in [0.2, 0.25) is 0 Å². The fourth-order valence-electron chi connectivity index (χ4n) is 1.94. The highest BCUT2D eigenvalue weighted by atomic mass is 32.2. The van der Waals surface area contributed by atoms with Gasteiger partial charge in [-0.05, 0) is 30.7 Å². The van der Waals surface area contributed by atoms with Gasteiger partial charge in [-0.2, -0.15) is 4.31 Å². The maximum absolute atomic E-state index is 12.2. The molecule has 106 valence electrons. The average Bonchev–Trinajstić information content (AvgIpc) is 2.76. The minimum atomic E-state index is -3.66. The molecule has 0 aromatic heterocycles. The molecule has 1 atom stereocenters. The number of rotatable bonds is 3. The largest absolute Gasteiger partial charge is 0.392 e. The van der Waals surface area contributed by atoms with Gasteiger partial charge in [-0.15, -0.1) is 0 Å². The van der Waals surface area contributed by atoms with Gasteiger partial charge in [0.25, 0.3) is 0 Å². The fraction of sp³-hybridized carbons (Fsp3) is 0.455. The van der Waals surface area contributed by atoms with Crippen LogP contribution in [0.25, 0.3) is 0 Å². The molecule has 0 bridgehead atoms. The molecule has 1 fully saturated rings. The lowest BCUT2D eigenvalue weighted by Crippen LogP contribution is -2.29. The maximum Gasteiger partial charge on any atom is 0.243 e. The Hall–Kier alpha value is -0.960. The molecule has 6 nitrogen and oxygen atoms in total. The van der Waals surface area contributed by atoms with Crippen LogP contribution in [0.15, 0.2) is 34.1 Å². The Morgan fingerprint density at radius 1 is 1.11 bits per heavy atom. The number of sulfone groups is 1. The zero-order chi connectivity index (χ0) is 14.3. The molecule has 1 N–H and O–H groups in total. The van der Waals surface area contributed by atoms with Crippen LogP contribution in [0.1, 0.15) is 6.42 Å². The van der Waals surface area contributed by atoms with Crippen LogP contribution in [0.3, 0.4) is 0 Å². The second kappa shape index (κ2) is 4.86. The first-order chi connectivity index (χ1) is 8.71. The number of nitrogens with zero attached hydrogens (tertiary/aromatic N) is 1. The Morgan fingerprint density at radius 2 is 1.63 bits per heavy atom. The van der Waals surface area contributed by atoms with Crippen LogP contribution in [0.5, 0.6) is 0 Å². The molecular formula is C11H15NO5S2. The summed E-state index contributed by atoms with van der Waals surface area (Å²) >= 11 is 0. The summed E-state index contributed by atoms with van der Waals surface area (Å²) in [6.45, 7) is 0.355. The van der Waals surface area contributed by atoms with Gasteiger partial charge in [0.05, 0.1) is 15.9 Å². The highest BCUT2D eigenvalue weighted by molar-refractivity contribution is 7.90. The quantitative estimate of drug-likeness (QED) is 0.838. The van der Waals surface area contributed by atoms with E-state index in [0.29, 0.717) is 6.42 Å². The molecule has 2 rings (SSSR count). The van der Waals surface area contributed by atoms with Crippen molar-refractivity contribution in [2.24, 2.45) is 0 Å². The molecular weight excluding hydrogens is 290 g/mol. The Bertz CT molecular complexity index is 664. The Balaban J connectivity index is 2.32. The average molecular weight is 305 g/mol. The maximum atomic E-state index is 12.2. The molecule has 1 aliphatic heterocycles. The third kappa shape index (κ3) is 2.97. The summed E-state index contributed by atoms with van der Waals surface area (Å²) in [7, 11) is -7.00. The molecule has 19 heavy (non-hydrogen) atoms. The number of hydrogen-bond acceptors (Lipinski definition) is 5. The monoisotopic (exact) mass is 305 g/mol. The molecule has 0 amide bonds. The van der Waals surface area contributed by atoms with E-state index < -0.39 is 26.0 Å². The Morgan fingerprint density at radius 3 is 2.05 bits per heavy atom. The SMILES string of the molecule is CS(=O)(=O)c1ccc(S(=O)(=O)N2CC[C@H](O)C2)cc1. The Labute approximate surface area is 112 Å². The lowest BCUT2D eigenvalue weighted by molar-refractivity contribution is 0.189.